The minimum atomic E-state index is 0.257. The molecule has 0 unspecified atom stereocenters. The first-order valence-electron chi connectivity index (χ1n) is 4.71. The van der Waals surface area contributed by atoms with Crippen LogP contribution < -0.4 is 11.1 Å². The fourth-order valence-electron chi connectivity index (χ4n) is 1.05. The monoisotopic (exact) mass is 196 g/mol. The summed E-state index contributed by atoms with van der Waals surface area (Å²) in [4.78, 5) is 7.76. The Labute approximate surface area is 83.4 Å². The lowest BCUT2D eigenvalue weighted by molar-refractivity contribution is 0.283. The molecule has 0 aliphatic carbocycles. The average molecular weight is 196 g/mol. The molecule has 78 valence electrons. The van der Waals surface area contributed by atoms with Crippen molar-refractivity contribution in [1.29, 1.82) is 0 Å². The van der Waals surface area contributed by atoms with Crippen molar-refractivity contribution in [2.24, 2.45) is 0 Å². The molecule has 5 nitrogen and oxygen atoms in total. The van der Waals surface area contributed by atoms with E-state index in [0.717, 1.165) is 31.5 Å². The van der Waals surface area contributed by atoms with Gasteiger partial charge in [0.15, 0.2) is 0 Å². The van der Waals surface area contributed by atoms with Gasteiger partial charge in [-0.3, -0.25) is 0 Å². The third-order valence-electron chi connectivity index (χ3n) is 1.82. The Kier molecular flexibility index (Phi) is 4.88. The normalized spacial score (nSPS) is 10.4. The molecule has 1 rings (SSSR count). The van der Waals surface area contributed by atoms with E-state index in [-0.39, 0.29) is 6.61 Å². The molecule has 0 aromatic carbocycles. The lowest BCUT2D eigenvalue weighted by Gasteiger charge is -2.03. The summed E-state index contributed by atoms with van der Waals surface area (Å²) in [5.41, 5.74) is 6.37. The van der Waals surface area contributed by atoms with E-state index >= 15 is 0 Å². The van der Waals surface area contributed by atoms with Crippen LogP contribution in [0.3, 0.4) is 0 Å². The number of aromatic nitrogens is 2. The zero-order valence-corrected chi connectivity index (χ0v) is 8.11. The number of aliphatic hydroxyl groups is 1. The highest BCUT2D eigenvalue weighted by Crippen LogP contribution is 1.96. The highest BCUT2D eigenvalue weighted by Gasteiger charge is 1.93. The van der Waals surface area contributed by atoms with Crippen LogP contribution in [0.4, 0.5) is 5.95 Å². The first-order valence-corrected chi connectivity index (χ1v) is 4.71. The van der Waals surface area contributed by atoms with E-state index in [9.17, 15) is 0 Å². The number of aliphatic hydroxyl groups excluding tert-OH is 1. The highest BCUT2D eigenvalue weighted by atomic mass is 16.2. The van der Waals surface area contributed by atoms with E-state index in [0.29, 0.717) is 5.95 Å². The van der Waals surface area contributed by atoms with Gasteiger partial charge < -0.3 is 16.2 Å². The molecular weight excluding hydrogens is 180 g/mol. The predicted molar refractivity (Wildman–Crippen MR) is 54.5 cm³/mol. The smallest absolute Gasteiger partial charge is 0.219 e. The minimum Gasteiger partial charge on any atom is -0.396 e. The molecule has 0 amide bonds. The summed E-state index contributed by atoms with van der Waals surface area (Å²) < 4.78 is 0. The SMILES string of the molecule is Nc1ncc(CNCCCCO)cn1. The lowest BCUT2D eigenvalue weighted by atomic mass is 10.3. The first kappa shape index (κ1) is 10.9. The minimum absolute atomic E-state index is 0.257. The fraction of sp³-hybridized carbons (Fsp3) is 0.556. The summed E-state index contributed by atoms with van der Waals surface area (Å²) in [6, 6.07) is 0. The number of nitrogens with zero attached hydrogens (tertiary/aromatic N) is 2. The molecule has 0 spiro atoms. The molecule has 0 fully saturated rings. The second-order valence-electron chi connectivity index (χ2n) is 3.06. The van der Waals surface area contributed by atoms with Gasteiger partial charge in [0, 0.05) is 31.1 Å². The standard InChI is InChI=1S/C9H16N4O/c10-9-12-6-8(7-13-9)5-11-3-1-2-4-14/h6-7,11,14H,1-5H2,(H2,10,12,13). The molecule has 0 aliphatic rings. The number of nitrogens with two attached hydrogens (primary N) is 1. The van der Waals surface area contributed by atoms with E-state index < -0.39 is 0 Å². The van der Waals surface area contributed by atoms with Crippen LogP contribution in [0.2, 0.25) is 0 Å². The van der Waals surface area contributed by atoms with Crippen molar-refractivity contribution in [1.82, 2.24) is 15.3 Å². The van der Waals surface area contributed by atoms with Gasteiger partial charge in [0.2, 0.25) is 5.95 Å². The molecule has 0 aliphatic heterocycles. The highest BCUT2D eigenvalue weighted by molar-refractivity contribution is 5.16. The van der Waals surface area contributed by atoms with Crippen LogP contribution in [0.25, 0.3) is 0 Å². The summed E-state index contributed by atoms with van der Waals surface area (Å²) in [7, 11) is 0. The van der Waals surface area contributed by atoms with Crippen LogP contribution in [0.1, 0.15) is 18.4 Å². The van der Waals surface area contributed by atoms with Gasteiger partial charge in [-0.2, -0.15) is 0 Å². The van der Waals surface area contributed by atoms with Crippen molar-refractivity contribution in [3.63, 3.8) is 0 Å². The number of hydrogen-bond acceptors (Lipinski definition) is 5. The van der Waals surface area contributed by atoms with Crippen LogP contribution in [-0.2, 0) is 6.54 Å². The van der Waals surface area contributed by atoms with Gasteiger partial charge in [0.1, 0.15) is 0 Å². The molecule has 0 atom stereocenters. The average Bonchev–Trinajstić information content (AvgIpc) is 2.21. The molecule has 1 aromatic rings. The zero-order chi connectivity index (χ0) is 10.2. The number of rotatable bonds is 6. The van der Waals surface area contributed by atoms with Crippen LogP contribution >= 0.6 is 0 Å². The van der Waals surface area contributed by atoms with Crippen molar-refractivity contribution in [3.8, 4) is 0 Å². The summed E-state index contributed by atoms with van der Waals surface area (Å²) in [5.74, 6) is 0.300. The second kappa shape index (κ2) is 6.28. The molecular formula is C9H16N4O. The molecule has 14 heavy (non-hydrogen) atoms. The second-order valence-corrected chi connectivity index (χ2v) is 3.06. The quantitative estimate of drug-likeness (QED) is 0.554. The number of anilines is 1. The predicted octanol–water partition coefficient (Wildman–Crippen LogP) is -0.0791. The van der Waals surface area contributed by atoms with Crippen LogP contribution in [0.15, 0.2) is 12.4 Å². The van der Waals surface area contributed by atoms with Gasteiger partial charge in [-0.15, -0.1) is 0 Å². The summed E-state index contributed by atoms with van der Waals surface area (Å²) in [6.45, 7) is 1.89. The zero-order valence-electron chi connectivity index (χ0n) is 8.11. The van der Waals surface area contributed by atoms with Crippen LogP contribution in [-0.4, -0.2) is 28.2 Å². The van der Waals surface area contributed by atoms with Crippen molar-refractivity contribution in [3.05, 3.63) is 18.0 Å². The topological polar surface area (TPSA) is 84.1 Å². The molecule has 0 saturated carbocycles. The Morgan fingerprint density at radius 3 is 2.64 bits per heavy atom. The maximum atomic E-state index is 8.55. The van der Waals surface area contributed by atoms with E-state index in [4.69, 9.17) is 10.8 Å². The van der Waals surface area contributed by atoms with E-state index in [1.54, 1.807) is 12.4 Å². The van der Waals surface area contributed by atoms with Crippen molar-refractivity contribution in [2.45, 2.75) is 19.4 Å². The molecule has 0 bridgehead atoms. The Morgan fingerprint density at radius 1 is 1.29 bits per heavy atom. The van der Waals surface area contributed by atoms with E-state index in [1.165, 1.54) is 0 Å². The van der Waals surface area contributed by atoms with Gasteiger partial charge in [-0.05, 0) is 19.4 Å². The molecule has 1 heterocycles. The van der Waals surface area contributed by atoms with Gasteiger partial charge in [0.05, 0.1) is 0 Å². The molecule has 4 N–H and O–H groups in total. The molecule has 0 saturated heterocycles. The van der Waals surface area contributed by atoms with Crippen LogP contribution in [0, 0.1) is 0 Å². The summed E-state index contributed by atoms with van der Waals surface area (Å²) in [6.07, 6.45) is 5.24. The van der Waals surface area contributed by atoms with Gasteiger partial charge >= 0.3 is 0 Å². The van der Waals surface area contributed by atoms with Gasteiger partial charge in [-0.25, -0.2) is 9.97 Å². The van der Waals surface area contributed by atoms with Gasteiger partial charge in [0.25, 0.3) is 0 Å². The maximum absolute atomic E-state index is 8.55. The number of hydrogen-bond donors (Lipinski definition) is 3. The van der Waals surface area contributed by atoms with Gasteiger partial charge in [-0.1, -0.05) is 0 Å². The Bertz CT molecular complexity index is 249. The number of nitrogens with one attached hydrogen (secondary N) is 1. The Hall–Kier alpha value is -1.20. The Morgan fingerprint density at radius 2 is 2.00 bits per heavy atom. The van der Waals surface area contributed by atoms with Crippen molar-refractivity contribution in [2.75, 3.05) is 18.9 Å². The third-order valence-corrected chi connectivity index (χ3v) is 1.82. The summed E-state index contributed by atoms with van der Waals surface area (Å²) in [5, 5.41) is 11.8. The van der Waals surface area contributed by atoms with Crippen molar-refractivity contribution >= 4 is 5.95 Å². The maximum Gasteiger partial charge on any atom is 0.219 e. The van der Waals surface area contributed by atoms with E-state index in [1.807, 2.05) is 0 Å². The third kappa shape index (κ3) is 4.15. The molecule has 5 heteroatoms. The Balaban J connectivity index is 2.15. The summed E-state index contributed by atoms with van der Waals surface area (Å²) >= 11 is 0. The molecule has 0 radical (unpaired) electrons. The lowest BCUT2D eigenvalue weighted by Crippen LogP contribution is -2.15. The van der Waals surface area contributed by atoms with Crippen LogP contribution in [0.5, 0.6) is 0 Å². The fourth-order valence-corrected chi connectivity index (χ4v) is 1.05. The number of nitrogen functional groups attached to an aromatic ring is 1. The van der Waals surface area contributed by atoms with E-state index in [2.05, 4.69) is 15.3 Å². The molecule has 1 aromatic heterocycles. The first-order chi connectivity index (χ1) is 6.83. The largest absolute Gasteiger partial charge is 0.396 e. The van der Waals surface area contributed by atoms with Crippen molar-refractivity contribution < 1.29 is 5.11 Å². The number of unbranched alkanes of at least 4 members (excludes halogenated alkanes) is 1.